The lowest BCUT2D eigenvalue weighted by Gasteiger charge is -2.21. The van der Waals surface area contributed by atoms with Gasteiger partial charge in [0.2, 0.25) is 0 Å². The molecule has 106 valence electrons. The molecule has 0 nitrogen and oxygen atoms in total. The van der Waals surface area contributed by atoms with Gasteiger partial charge >= 0.3 is 0 Å². The van der Waals surface area contributed by atoms with E-state index < -0.39 is 0 Å². The van der Waals surface area contributed by atoms with Crippen molar-refractivity contribution in [2.75, 3.05) is 24.6 Å². The number of hydrogen-bond acceptors (Lipinski definition) is 0. The average molecular weight is 302 g/mol. The molecular formula is C18H24P2. The van der Waals surface area contributed by atoms with Crippen LogP contribution in [0.3, 0.4) is 0 Å². The summed E-state index contributed by atoms with van der Waals surface area (Å²) in [4.78, 5) is 0. The molecule has 0 heterocycles. The van der Waals surface area contributed by atoms with Crippen LogP contribution in [0.1, 0.15) is 13.8 Å². The Morgan fingerprint density at radius 1 is 0.650 bits per heavy atom. The molecule has 0 saturated heterocycles. The fourth-order valence-electron chi connectivity index (χ4n) is 2.40. The molecule has 2 aromatic rings. The molecule has 0 spiro atoms. The third kappa shape index (κ3) is 4.41. The van der Waals surface area contributed by atoms with Gasteiger partial charge in [0.25, 0.3) is 0 Å². The van der Waals surface area contributed by atoms with E-state index in [0.29, 0.717) is 0 Å². The van der Waals surface area contributed by atoms with Gasteiger partial charge in [0, 0.05) is 0 Å². The second-order valence-electron chi connectivity index (χ2n) is 4.85. The van der Waals surface area contributed by atoms with Crippen LogP contribution < -0.4 is 10.6 Å². The van der Waals surface area contributed by atoms with Crippen molar-refractivity contribution in [3.63, 3.8) is 0 Å². The Hall–Kier alpha value is -0.700. The summed E-state index contributed by atoms with van der Waals surface area (Å²) in [5, 5.41) is 3.05. The monoisotopic (exact) mass is 302 g/mol. The first-order valence-corrected chi connectivity index (χ1v) is 10.9. The first-order valence-electron chi connectivity index (χ1n) is 7.45. The molecule has 2 heteroatoms. The average Bonchev–Trinajstić information content (AvgIpc) is 2.53. The Labute approximate surface area is 126 Å². The molecular weight excluding hydrogens is 278 g/mol. The minimum atomic E-state index is -0.179. The molecule has 0 aliphatic heterocycles. The molecule has 0 unspecified atom stereocenters. The Balaban J connectivity index is 2.17. The zero-order valence-corrected chi connectivity index (χ0v) is 14.3. The Morgan fingerprint density at radius 2 is 1.10 bits per heavy atom. The maximum absolute atomic E-state index is 2.35. The largest absolute Gasteiger partial charge is 0.107 e. The summed E-state index contributed by atoms with van der Waals surface area (Å²) in [5.74, 6) is 0. The molecule has 2 rings (SSSR count). The predicted octanol–water partition coefficient (Wildman–Crippen LogP) is 4.64. The quantitative estimate of drug-likeness (QED) is 0.654. The number of benzene rings is 2. The minimum Gasteiger partial charge on any atom is -0.107 e. The van der Waals surface area contributed by atoms with E-state index in [2.05, 4.69) is 74.5 Å². The molecule has 0 aromatic heterocycles. The second kappa shape index (κ2) is 8.56. The topological polar surface area (TPSA) is 0 Å². The summed E-state index contributed by atoms with van der Waals surface area (Å²) in [7, 11) is 0.0681. The first-order chi connectivity index (χ1) is 9.85. The molecule has 0 saturated carbocycles. The van der Waals surface area contributed by atoms with Crippen molar-refractivity contribution in [1.82, 2.24) is 0 Å². The van der Waals surface area contributed by atoms with Crippen molar-refractivity contribution in [1.29, 1.82) is 0 Å². The van der Waals surface area contributed by atoms with Crippen LogP contribution in [0.25, 0.3) is 0 Å². The van der Waals surface area contributed by atoms with E-state index in [1.807, 2.05) is 0 Å². The molecule has 0 radical (unpaired) electrons. The van der Waals surface area contributed by atoms with E-state index in [0.717, 1.165) is 0 Å². The normalized spacial score (nSPS) is 11.2. The zero-order valence-electron chi connectivity index (χ0n) is 12.5. The maximum Gasteiger partial charge on any atom is -0.0195 e. The molecule has 20 heavy (non-hydrogen) atoms. The van der Waals surface area contributed by atoms with Gasteiger partial charge in [-0.15, -0.1) is 7.92 Å². The molecule has 0 atom stereocenters. The van der Waals surface area contributed by atoms with Crippen molar-refractivity contribution in [2.24, 2.45) is 0 Å². The summed E-state index contributed by atoms with van der Waals surface area (Å²) >= 11 is 0. The summed E-state index contributed by atoms with van der Waals surface area (Å²) in [6.07, 6.45) is 5.51. The highest BCUT2D eigenvalue weighted by atomic mass is 31.1. The standard InChI is InChI=1S/C18H24P2/c1-3-19(4-2)15-16-20(17-11-7-5-8-12-17)18-13-9-6-10-14-18/h5-14H,3-4,15-16H2,1-2H3. The van der Waals surface area contributed by atoms with Crippen LogP contribution in [0.4, 0.5) is 0 Å². The van der Waals surface area contributed by atoms with Crippen LogP contribution in [-0.2, 0) is 0 Å². The Bertz CT molecular complexity index is 438. The van der Waals surface area contributed by atoms with Crippen molar-refractivity contribution in [3.05, 3.63) is 60.7 Å². The molecule has 0 aliphatic rings. The van der Waals surface area contributed by atoms with Gasteiger partial charge in [0.05, 0.1) is 0 Å². The van der Waals surface area contributed by atoms with Crippen LogP contribution >= 0.6 is 15.8 Å². The molecule has 0 amide bonds. The van der Waals surface area contributed by atoms with Gasteiger partial charge in [-0.1, -0.05) is 74.5 Å². The van der Waals surface area contributed by atoms with Gasteiger partial charge in [-0.25, -0.2) is 0 Å². The fourth-order valence-corrected chi connectivity index (χ4v) is 7.29. The highest BCUT2D eigenvalue weighted by Gasteiger charge is 2.14. The number of hydrogen-bond donors (Lipinski definition) is 0. The molecule has 0 N–H and O–H groups in total. The molecule has 0 bridgehead atoms. The van der Waals surface area contributed by atoms with E-state index in [-0.39, 0.29) is 15.8 Å². The molecule has 2 aromatic carbocycles. The Morgan fingerprint density at radius 3 is 1.50 bits per heavy atom. The van der Waals surface area contributed by atoms with Gasteiger partial charge in [-0.2, -0.15) is 0 Å². The van der Waals surface area contributed by atoms with Gasteiger partial charge < -0.3 is 0 Å². The summed E-state index contributed by atoms with van der Waals surface area (Å²) in [6.45, 7) is 4.70. The maximum atomic E-state index is 2.35. The van der Waals surface area contributed by atoms with Crippen LogP contribution in [-0.4, -0.2) is 24.6 Å². The van der Waals surface area contributed by atoms with Crippen LogP contribution in [0, 0.1) is 0 Å². The summed E-state index contributed by atoms with van der Waals surface area (Å²) in [6, 6.07) is 22.2. The summed E-state index contributed by atoms with van der Waals surface area (Å²) < 4.78 is 0. The smallest absolute Gasteiger partial charge is 0.0195 e. The third-order valence-electron chi connectivity index (χ3n) is 3.67. The zero-order chi connectivity index (χ0) is 14.2. The highest BCUT2D eigenvalue weighted by Crippen LogP contribution is 2.41. The minimum absolute atomic E-state index is 0.179. The first kappa shape index (κ1) is 15.7. The van der Waals surface area contributed by atoms with Crippen molar-refractivity contribution < 1.29 is 0 Å². The lowest BCUT2D eigenvalue weighted by Crippen LogP contribution is -2.15. The SMILES string of the molecule is CCP(CC)CCP(c1ccccc1)c1ccccc1. The van der Waals surface area contributed by atoms with E-state index in [1.165, 1.54) is 35.3 Å². The van der Waals surface area contributed by atoms with Crippen molar-refractivity contribution in [3.8, 4) is 0 Å². The third-order valence-corrected chi connectivity index (χ3v) is 9.18. The van der Waals surface area contributed by atoms with Crippen molar-refractivity contribution >= 4 is 26.5 Å². The van der Waals surface area contributed by atoms with E-state index in [9.17, 15) is 0 Å². The van der Waals surface area contributed by atoms with E-state index in [1.54, 1.807) is 0 Å². The van der Waals surface area contributed by atoms with Crippen LogP contribution in [0.15, 0.2) is 60.7 Å². The second-order valence-corrected chi connectivity index (χ2v) is 10.2. The van der Waals surface area contributed by atoms with Gasteiger partial charge in [-0.3, -0.25) is 0 Å². The van der Waals surface area contributed by atoms with Gasteiger partial charge in [0.1, 0.15) is 0 Å². The fraction of sp³-hybridized carbons (Fsp3) is 0.333. The highest BCUT2D eigenvalue weighted by molar-refractivity contribution is 7.73. The predicted molar refractivity (Wildman–Crippen MR) is 96.8 cm³/mol. The lowest BCUT2D eigenvalue weighted by molar-refractivity contribution is 1.35. The molecule has 0 fully saturated rings. The van der Waals surface area contributed by atoms with E-state index in [4.69, 9.17) is 0 Å². The number of rotatable bonds is 7. The summed E-state index contributed by atoms with van der Waals surface area (Å²) in [5.41, 5.74) is 0. The lowest BCUT2D eigenvalue weighted by atomic mass is 10.4. The van der Waals surface area contributed by atoms with Crippen LogP contribution in [0.2, 0.25) is 0 Å². The van der Waals surface area contributed by atoms with Crippen molar-refractivity contribution in [2.45, 2.75) is 13.8 Å². The van der Waals surface area contributed by atoms with Gasteiger partial charge in [0.15, 0.2) is 0 Å². The van der Waals surface area contributed by atoms with Crippen LogP contribution in [0.5, 0.6) is 0 Å². The van der Waals surface area contributed by atoms with Gasteiger partial charge in [-0.05, 0) is 43.2 Å². The Kier molecular flexibility index (Phi) is 6.71. The van der Waals surface area contributed by atoms with E-state index >= 15 is 0 Å². The molecule has 0 aliphatic carbocycles.